The molecule has 1 aromatic carbocycles. The summed E-state index contributed by atoms with van der Waals surface area (Å²) in [6.45, 7) is 8.74. The van der Waals surface area contributed by atoms with E-state index in [-0.39, 0.29) is 6.10 Å². The van der Waals surface area contributed by atoms with Crippen molar-refractivity contribution in [2.24, 2.45) is 5.92 Å². The Morgan fingerprint density at radius 2 is 2.05 bits per heavy atom. The molecule has 1 N–H and O–H groups in total. The third kappa shape index (κ3) is 4.51. The SMILES string of the molecule is CNCC1CCN(Cc2ccc(OC(C)C)cc2)C1. The Hall–Kier alpha value is -1.06. The van der Waals surface area contributed by atoms with Crippen molar-refractivity contribution >= 4 is 0 Å². The Bertz CT molecular complexity index is 375. The summed E-state index contributed by atoms with van der Waals surface area (Å²) >= 11 is 0. The topological polar surface area (TPSA) is 24.5 Å². The van der Waals surface area contributed by atoms with E-state index in [4.69, 9.17) is 4.74 Å². The smallest absolute Gasteiger partial charge is 0.119 e. The van der Waals surface area contributed by atoms with E-state index in [1.54, 1.807) is 0 Å². The summed E-state index contributed by atoms with van der Waals surface area (Å²) in [6, 6.07) is 8.53. The quantitative estimate of drug-likeness (QED) is 0.852. The lowest BCUT2D eigenvalue weighted by Crippen LogP contribution is -2.24. The molecule has 1 aliphatic heterocycles. The molecule has 0 spiro atoms. The molecular weight excluding hydrogens is 236 g/mol. The van der Waals surface area contributed by atoms with Gasteiger partial charge in [-0.15, -0.1) is 0 Å². The van der Waals surface area contributed by atoms with Crippen molar-refractivity contribution in [2.45, 2.75) is 32.9 Å². The molecule has 0 aliphatic carbocycles. The summed E-state index contributed by atoms with van der Waals surface area (Å²) in [7, 11) is 2.04. The molecule has 0 radical (unpaired) electrons. The van der Waals surface area contributed by atoms with Crippen LogP contribution in [0.25, 0.3) is 0 Å². The van der Waals surface area contributed by atoms with Crippen LogP contribution in [0.2, 0.25) is 0 Å². The number of benzene rings is 1. The fraction of sp³-hybridized carbons (Fsp3) is 0.625. The van der Waals surface area contributed by atoms with Crippen LogP contribution in [-0.4, -0.2) is 37.7 Å². The second kappa shape index (κ2) is 6.92. The minimum absolute atomic E-state index is 0.242. The average Bonchev–Trinajstić information content (AvgIpc) is 2.79. The number of hydrogen-bond acceptors (Lipinski definition) is 3. The molecule has 106 valence electrons. The first-order valence-electron chi connectivity index (χ1n) is 7.30. The molecule has 2 rings (SSSR count). The van der Waals surface area contributed by atoms with Crippen molar-refractivity contribution in [1.29, 1.82) is 0 Å². The number of rotatable bonds is 6. The maximum atomic E-state index is 5.67. The molecule has 1 heterocycles. The van der Waals surface area contributed by atoms with Crippen LogP contribution in [-0.2, 0) is 6.54 Å². The van der Waals surface area contributed by atoms with Crippen molar-refractivity contribution in [3.63, 3.8) is 0 Å². The lowest BCUT2D eigenvalue weighted by atomic mass is 10.1. The standard InChI is InChI=1S/C16H26N2O/c1-13(2)19-16-6-4-14(5-7-16)11-18-9-8-15(12-18)10-17-3/h4-7,13,15,17H,8-12H2,1-3H3. The number of ether oxygens (including phenoxy) is 1. The number of nitrogens with zero attached hydrogens (tertiary/aromatic N) is 1. The van der Waals surface area contributed by atoms with Gasteiger partial charge in [0.25, 0.3) is 0 Å². The van der Waals surface area contributed by atoms with E-state index in [2.05, 4.69) is 48.3 Å². The molecule has 0 bridgehead atoms. The third-order valence-corrected chi connectivity index (χ3v) is 3.56. The van der Waals surface area contributed by atoms with Crippen molar-refractivity contribution < 1.29 is 4.74 Å². The molecule has 1 aromatic rings. The summed E-state index contributed by atoms with van der Waals surface area (Å²) < 4.78 is 5.67. The largest absolute Gasteiger partial charge is 0.491 e. The normalized spacial score (nSPS) is 20.1. The van der Waals surface area contributed by atoms with Gasteiger partial charge >= 0.3 is 0 Å². The van der Waals surface area contributed by atoms with Gasteiger partial charge in [-0.3, -0.25) is 4.90 Å². The molecule has 3 heteroatoms. The van der Waals surface area contributed by atoms with E-state index in [1.165, 1.54) is 25.1 Å². The Morgan fingerprint density at radius 3 is 2.68 bits per heavy atom. The van der Waals surface area contributed by atoms with Gasteiger partial charge < -0.3 is 10.1 Å². The van der Waals surface area contributed by atoms with Gasteiger partial charge in [0, 0.05) is 13.1 Å². The van der Waals surface area contributed by atoms with Gasteiger partial charge in [-0.2, -0.15) is 0 Å². The van der Waals surface area contributed by atoms with Crippen LogP contribution >= 0.6 is 0 Å². The second-order valence-electron chi connectivity index (χ2n) is 5.76. The predicted octanol–water partition coefficient (Wildman–Crippen LogP) is 2.52. The van der Waals surface area contributed by atoms with Gasteiger partial charge in [-0.25, -0.2) is 0 Å². The van der Waals surface area contributed by atoms with Crippen LogP contribution in [0, 0.1) is 5.92 Å². The second-order valence-corrected chi connectivity index (χ2v) is 5.76. The zero-order valence-electron chi connectivity index (χ0n) is 12.4. The van der Waals surface area contributed by atoms with E-state index in [0.717, 1.165) is 24.8 Å². The van der Waals surface area contributed by atoms with Crippen molar-refractivity contribution in [2.75, 3.05) is 26.7 Å². The Balaban J connectivity index is 1.83. The van der Waals surface area contributed by atoms with Crippen LogP contribution in [0.3, 0.4) is 0 Å². The third-order valence-electron chi connectivity index (χ3n) is 3.56. The summed E-state index contributed by atoms with van der Waals surface area (Å²) in [6.07, 6.45) is 1.56. The minimum atomic E-state index is 0.242. The summed E-state index contributed by atoms with van der Waals surface area (Å²) in [5.74, 6) is 1.78. The lowest BCUT2D eigenvalue weighted by Gasteiger charge is -2.16. The highest BCUT2D eigenvalue weighted by atomic mass is 16.5. The van der Waals surface area contributed by atoms with Crippen molar-refractivity contribution in [3.05, 3.63) is 29.8 Å². The molecule has 1 saturated heterocycles. The molecule has 0 aromatic heterocycles. The lowest BCUT2D eigenvalue weighted by molar-refractivity contribution is 0.242. The predicted molar refractivity (Wildman–Crippen MR) is 79.5 cm³/mol. The minimum Gasteiger partial charge on any atom is -0.491 e. The maximum absolute atomic E-state index is 5.67. The molecule has 1 atom stereocenters. The van der Waals surface area contributed by atoms with E-state index < -0.39 is 0 Å². The van der Waals surface area contributed by atoms with Crippen molar-refractivity contribution in [1.82, 2.24) is 10.2 Å². The summed E-state index contributed by atoms with van der Waals surface area (Å²) in [5, 5.41) is 3.28. The molecule has 0 saturated carbocycles. The average molecular weight is 262 g/mol. The van der Waals surface area contributed by atoms with Crippen LogP contribution in [0.4, 0.5) is 0 Å². The molecule has 1 aliphatic rings. The first-order chi connectivity index (χ1) is 9.17. The Labute approximate surface area is 116 Å². The molecule has 3 nitrogen and oxygen atoms in total. The highest BCUT2D eigenvalue weighted by Gasteiger charge is 2.21. The number of likely N-dealkylation sites (tertiary alicyclic amines) is 1. The number of hydrogen-bond donors (Lipinski definition) is 1. The van der Waals surface area contributed by atoms with Gasteiger partial charge in [0.05, 0.1) is 6.10 Å². The van der Waals surface area contributed by atoms with Gasteiger partial charge in [-0.05, 0) is 64.0 Å². The Kier molecular flexibility index (Phi) is 5.23. The highest BCUT2D eigenvalue weighted by molar-refractivity contribution is 5.27. The van der Waals surface area contributed by atoms with E-state index >= 15 is 0 Å². The summed E-state index contributed by atoms with van der Waals surface area (Å²) in [4.78, 5) is 2.54. The van der Waals surface area contributed by atoms with E-state index in [0.29, 0.717) is 0 Å². The monoisotopic (exact) mass is 262 g/mol. The molecule has 19 heavy (non-hydrogen) atoms. The van der Waals surface area contributed by atoms with Gasteiger partial charge in [0.15, 0.2) is 0 Å². The van der Waals surface area contributed by atoms with Crippen LogP contribution in [0.15, 0.2) is 24.3 Å². The molecule has 1 unspecified atom stereocenters. The zero-order valence-corrected chi connectivity index (χ0v) is 12.4. The summed E-state index contributed by atoms with van der Waals surface area (Å²) in [5.41, 5.74) is 1.38. The van der Waals surface area contributed by atoms with Gasteiger partial charge in [-0.1, -0.05) is 12.1 Å². The fourth-order valence-corrected chi connectivity index (χ4v) is 2.72. The first-order valence-corrected chi connectivity index (χ1v) is 7.30. The van der Waals surface area contributed by atoms with Gasteiger partial charge in [0.2, 0.25) is 0 Å². The maximum Gasteiger partial charge on any atom is 0.119 e. The Morgan fingerprint density at radius 1 is 1.32 bits per heavy atom. The molecule has 0 amide bonds. The number of nitrogens with one attached hydrogen (secondary N) is 1. The van der Waals surface area contributed by atoms with Crippen LogP contribution < -0.4 is 10.1 Å². The molecule has 1 fully saturated rings. The molecular formula is C16H26N2O. The van der Waals surface area contributed by atoms with E-state index in [1.807, 2.05) is 7.05 Å². The van der Waals surface area contributed by atoms with Crippen LogP contribution in [0.1, 0.15) is 25.8 Å². The van der Waals surface area contributed by atoms with Gasteiger partial charge in [0.1, 0.15) is 5.75 Å². The highest BCUT2D eigenvalue weighted by Crippen LogP contribution is 2.20. The van der Waals surface area contributed by atoms with Crippen molar-refractivity contribution in [3.8, 4) is 5.75 Å². The van der Waals surface area contributed by atoms with E-state index in [9.17, 15) is 0 Å². The first kappa shape index (κ1) is 14.4. The van der Waals surface area contributed by atoms with Crippen LogP contribution in [0.5, 0.6) is 5.75 Å². The zero-order chi connectivity index (χ0) is 13.7. The fourth-order valence-electron chi connectivity index (χ4n) is 2.72.